The zero-order valence-electron chi connectivity index (χ0n) is 17.7. The highest BCUT2D eigenvalue weighted by Gasteiger charge is 2.28. The number of ether oxygens (including phenoxy) is 2. The van der Waals surface area contributed by atoms with Crippen molar-refractivity contribution in [1.82, 2.24) is 15.5 Å². The van der Waals surface area contributed by atoms with Crippen LogP contribution in [0.4, 0.5) is 9.18 Å². The zero-order chi connectivity index (χ0) is 20.7. The molecule has 9 heteroatoms. The number of hydrogen-bond acceptors (Lipinski definition) is 4. The van der Waals surface area contributed by atoms with E-state index in [2.05, 4.69) is 20.5 Å². The third-order valence-electron chi connectivity index (χ3n) is 4.12. The van der Waals surface area contributed by atoms with Crippen LogP contribution in [0.3, 0.4) is 0 Å². The van der Waals surface area contributed by atoms with Gasteiger partial charge in [0.1, 0.15) is 23.3 Å². The number of carbonyl (C=O) groups is 1. The number of rotatable bonds is 5. The fourth-order valence-electron chi connectivity index (χ4n) is 2.90. The van der Waals surface area contributed by atoms with E-state index in [1.54, 1.807) is 19.2 Å². The Hall–Kier alpha value is -1.78. The van der Waals surface area contributed by atoms with Crippen LogP contribution in [0.1, 0.15) is 34.1 Å². The van der Waals surface area contributed by atoms with Crippen molar-refractivity contribution in [3.63, 3.8) is 0 Å². The van der Waals surface area contributed by atoms with E-state index in [9.17, 15) is 9.18 Å². The van der Waals surface area contributed by atoms with Gasteiger partial charge in [-0.15, -0.1) is 24.0 Å². The summed E-state index contributed by atoms with van der Waals surface area (Å²) in [6, 6.07) is 5.97. The molecule has 0 spiro atoms. The molecule has 2 atom stereocenters. The summed E-state index contributed by atoms with van der Waals surface area (Å²) in [5.74, 6) is 1.08. The molecule has 2 unspecified atom stereocenters. The van der Waals surface area contributed by atoms with Crippen LogP contribution in [0.15, 0.2) is 29.3 Å². The van der Waals surface area contributed by atoms with E-state index in [1.165, 1.54) is 12.1 Å². The molecule has 7 nitrogen and oxygen atoms in total. The van der Waals surface area contributed by atoms with Crippen molar-refractivity contribution in [2.75, 3.05) is 26.7 Å². The number of alkyl carbamates (subject to hydrolysis) is 1. The lowest BCUT2D eigenvalue weighted by Crippen LogP contribution is -2.46. The van der Waals surface area contributed by atoms with E-state index < -0.39 is 11.7 Å². The summed E-state index contributed by atoms with van der Waals surface area (Å²) in [6.45, 7) is 9.45. The van der Waals surface area contributed by atoms with Gasteiger partial charge < -0.3 is 25.0 Å². The lowest BCUT2D eigenvalue weighted by Gasteiger charge is -2.24. The normalized spacial score (nSPS) is 17.9. The molecule has 164 valence electrons. The van der Waals surface area contributed by atoms with Crippen LogP contribution >= 0.6 is 24.0 Å². The third-order valence-corrected chi connectivity index (χ3v) is 4.12. The van der Waals surface area contributed by atoms with Gasteiger partial charge >= 0.3 is 6.09 Å². The maximum absolute atomic E-state index is 13.0. The van der Waals surface area contributed by atoms with Crippen LogP contribution in [0.25, 0.3) is 0 Å². The summed E-state index contributed by atoms with van der Waals surface area (Å²) < 4.78 is 24.0. The largest absolute Gasteiger partial charge is 0.489 e. The highest BCUT2D eigenvalue weighted by atomic mass is 127. The van der Waals surface area contributed by atoms with Crippen molar-refractivity contribution in [2.24, 2.45) is 4.99 Å². The fraction of sp³-hybridized carbons (Fsp3) is 0.600. The zero-order valence-corrected chi connectivity index (χ0v) is 20.0. The number of benzene rings is 1. The molecule has 1 aromatic rings. The first kappa shape index (κ1) is 25.3. The summed E-state index contributed by atoms with van der Waals surface area (Å²) in [4.78, 5) is 18.3. The van der Waals surface area contributed by atoms with Gasteiger partial charge in [-0.05, 0) is 58.4 Å². The van der Waals surface area contributed by atoms with Crippen molar-refractivity contribution in [1.29, 1.82) is 0 Å². The number of guanidine groups is 1. The maximum atomic E-state index is 13.0. The van der Waals surface area contributed by atoms with Gasteiger partial charge in [0.05, 0.1) is 12.6 Å². The number of aliphatic imine (C=N–C) groups is 1. The number of halogens is 2. The van der Waals surface area contributed by atoms with E-state index in [4.69, 9.17) is 9.47 Å². The lowest BCUT2D eigenvalue weighted by atomic mass is 10.2. The average Bonchev–Trinajstić information content (AvgIpc) is 3.04. The predicted octanol–water partition coefficient (Wildman–Crippen LogP) is 3.39. The van der Waals surface area contributed by atoms with Crippen LogP contribution in [0.5, 0.6) is 5.75 Å². The summed E-state index contributed by atoms with van der Waals surface area (Å²) >= 11 is 0. The van der Waals surface area contributed by atoms with Crippen LogP contribution in [-0.2, 0) is 4.74 Å². The Kier molecular flexibility index (Phi) is 9.94. The Bertz CT molecular complexity index is 679. The Morgan fingerprint density at radius 2 is 2.00 bits per heavy atom. The molecule has 1 aliphatic heterocycles. The van der Waals surface area contributed by atoms with Gasteiger partial charge in [-0.2, -0.15) is 0 Å². The monoisotopic (exact) mass is 522 g/mol. The van der Waals surface area contributed by atoms with Crippen LogP contribution in [0.2, 0.25) is 0 Å². The van der Waals surface area contributed by atoms with Gasteiger partial charge in [0.2, 0.25) is 0 Å². The summed E-state index contributed by atoms with van der Waals surface area (Å²) in [5.41, 5.74) is -0.513. The minimum absolute atomic E-state index is 0. The summed E-state index contributed by atoms with van der Waals surface area (Å²) in [6.07, 6.45) is 0.297. The minimum Gasteiger partial charge on any atom is -0.489 e. The molecule has 0 aliphatic carbocycles. The Labute approximate surface area is 189 Å². The second kappa shape index (κ2) is 11.4. The van der Waals surface area contributed by atoms with Gasteiger partial charge in [0.25, 0.3) is 0 Å². The van der Waals surface area contributed by atoms with E-state index in [0.29, 0.717) is 18.8 Å². The van der Waals surface area contributed by atoms with Crippen molar-refractivity contribution in [3.8, 4) is 5.75 Å². The molecule has 1 aromatic carbocycles. The third kappa shape index (κ3) is 9.05. The Morgan fingerprint density at radius 1 is 1.34 bits per heavy atom. The molecule has 1 heterocycles. The Morgan fingerprint density at radius 3 is 2.59 bits per heavy atom. The molecule has 1 amide bonds. The fourth-order valence-corrected chi connectivity index (χ4v) is 2.90. The van der Waals surface area contributed by atoms with Crippen molar-refractivity contribution < 1.29 is 18.7 Å². The molecule has 0 bridgehead atoms. The topological polar surface area (TPSA) is 75.2 Å². The number of nitrogens with one attached hydrogen (secondary N) is 2. The number of nitrogens with zero attached hydrogens (tertiary/aromatic N) is 2. The molecule has 1 saturated heterocycles. The molecule has 0 radical (unpaired) electrons. The molecule has 0 saturated carbocycles. The minimum atomic E-state index is -0.513. The summed E-state index contributed by atoms with van der Waals surface area (Å²) in [5, 5.41) is 6.19. The lowest BCUT2D eigenvalue weighted by molar-refractivity contribution is 0.0507. The maximum Gasteiger partial charge on any atom is 0.407 e. The second-order valence-corrected chi connectivity index (χ2v) is 7.89. The van der Waals surface area contributed by atoms with Crippen LogP contribution in [0, 0.1) is 5.82 Å². The SMILES string of the molecule is CN=C(NCC(C)Oc1ccc(F)cc1)N1CCC(NC(=O)OC(C)(C)C)C1.I. The Balaban J connectivity index is 0.00000420. The van der Waals surface area contributed by atoms with Crippen molar-refractivity contribution in [2.45, 2.75) is 51.9 Å². The summed E-state index contributed by atoms with van der Waals surface area (Å²) in [7, 11) is 1.72. The number of carbonyl (C=O) groups excluding carboxylic acids is 1. The standard InChI is InChI=1S/C20H31FN4O3.HI/c1-14(27-17-8-6-15(21)7-9-17)12-23-18(22-5)25-11-10-16(13-25)24-19(26)28-20(2,3)4;/h6-9,14,16H,10-13H2,1-5H3,(H,22,23)(H,24,26);1H. The van der Waals surface area contributed by atoms with Crippen molar-refractivity contribution >= 4 is 36.0 Å². The highest BCUT2D eigenvalue weighted by Crippen LogP contribution is 2.14. The van der Waals surface area contributed by atoms with E-state index in [0.717, 1.165) is 18.9 Å². The number of hydrogen-bond donors (Lipinski definition) is 2. The van der Waals surface area contributed by atoms with E-state index in [1.807, 2.05) is 27.7 Å². The number of amides is 1. The van der Waals surface area contributed by atoms with Gasteiger partial charge in [-0.25, -0.2) is 9.18 Å². The molecule has 2 N–H and O–H groups in total. The first-order valence-corrected chi connectivity index (χ1v) is 9.53. The highest BCUT2D eigenvalue weighted by molar-refractivity contribution is 14.0. The molecular weight excluding hydrogens is 490 g/mol. The molecule has 2 rings (SSSR count). The molecule has 29 heavy (non-hydrogen) atoms. The molecule has 1 fully saturated rings. The molecule has 1 aliphatic rings. The van der Waals surface area contributed by atoms with Crippen LogP contribution in [-0.4, -0.2) is 61.4 Å². The molecular formula is C20H32FIN4O3. The number of likely N-dealkylation sites (tertiary alicyclic amines) is 1. The molecule has 0 aromatic heterocycles. The average molecular weight is 522 g/mol. The quantitative estimate of drug-likeness (QED) is 0.353. The second-order valence-electron chi connectivity index (χ2n) is 7.89. The van der Waals surface area contributed by atoms with Gasteiger partial charge in [0, 0.05) is 20.1 Å². The first-order valence-electron chi connectivity index (χ1n) is 9.53. The van der Waals surface area contributed by atoms with Gasteiger partial charge in [0.15, 0.2) is 5.96 Å². The van der Waals surface area contributed by atoms with Crippen LogP contribution < -0.4 is 15.4 Å². The van der Waals surface area contributed by atoms with E-state index >= 15 is 0 Å². The van der Waals surface area contributed by atoms with Gasteiger partial charge in [-0.3, -0.25) is 4.99 Å². The van der Waals surface area contributed by atoms with E-state index in [-0.39, 0.29) is 41.9 Å². The first-order chi connectivity index (χ1) is 13.2. The van der Waals surface area contributed by atoms with Gasteiger partial charge in [-0.1, -0.05) is 0 Å². The predicted molar refractivity (Wildman–Crippen MR) is 123 cm³/mol. The smallest absolute Gasteiger partial charge is 0.407 e. The van der Waals surface area contributed by atoms with Crippen molar-refractivity contribution in [3.05, 3.63) is 30.1 Å².